The molecule has 2 aromatic carbocycles. The second kappa shape index (κ2) is 8.43. The highest BCUT2D eigenvalue weighted by Crippen LogP contribution is 2.29. The van der Waals surface area contributed by atoms with E-state index in [0.717, 1.165) is 22.5 Å². The van der Waals surface area contributed by atoms with Crippen LogP contribution < -0.4 is 10.6 Å². The molecule has 29 heavy (non-hydrogen) atoms. The first-order valence-electron chi connectivity index (χ1n) is 9.78. The molecule has 1 amide bonds. The van der Waals surface area contributed by atoms with Gasteiger partial charge in [0.1, 0.15) is 5.69 Å². The Morgan fingerprint density at radius 3 is 2.34 bits per heavy atom. The summed E-state index contributed by atoms with van der Waals surface area (Å²) >= 11 is 0. The standard InChI is InChI=1S/C24H28N4O/c1-16-10-12-18(13-11-16)15-25-23-26-17(2)14-21(28-23)22(29)27-20-9-7-6-8-19(20)24(3,4)5/h6-14H,15H2,1-5H3,(H,27,29)(H,25,26,28). The van der Waals surface area contributed by atoms with Crippen LogP contribution in [0.5, 0.6) is 0 Å². The molecule has 0 radical (unpaired) electrons. The number of amides is 1. The van der Waals surface area contributed by atoms with Crippen LogP contribution in [-0.4, -0.2) is 15.9 Å². The minimum Gasteiger partial charge on any atom is -0.350 e. The number of hydrogen-bond acceptors (Lipinski definition) is 4. The summed E-state index contributed by atoms with van der Waals surface area (Å²) in [5.74, 6) is 0.199. The molecular weight excluding hydrogens is 360 g/mol. The van der Waals surface area contributed by atoms with Gasteiger partial charge in [0.25, 0.3) is 5.91 Å². The zero-order valence-corrected chi connectivity index (χ0v) is 17.7. The Bertz CT molecular complexity index is 1000. The zero-order valence-electron chi connectivity index (χ0n) is 17.7. The van der Waals surface area contributed by atoms with E-state index in [1.54, 1.807) is 6.07 Å². The highest BCUT2D eigenvalue weighted by molar-refractivity contribution is 6.03. The maximum absolute atomic E-state index is 12.9. The number of aromatic nitrogens is 2. The largest absolute Gasteiger partial charge is 0.350 e. The lowest BCUT2D eigenvalue weighted by molar-refractivity contribution is 0.102. The lowest BCUT2D eigenvalue weighted by atomic mass is 9.86. The fraction of sp³-hybridized carbons (Fsp3) is 0.292. The van der Waals surface area contributed by atoms with Gasteiger partial charge >= 0.3 is 0 Å². The molecule has 0 bridgehead atoms. The van der Waals surface area contributed by atoms with Gasteiger partial charge in [0, 0.05) is 17.9 Å². The minimum absolute atomic E-state index is 0.0772. The van der Waals surface area contributed by atoms with Crippen molar-refractivity contribution in [3.05, 3.63) is 82.7 Å². The lowest BCUT2D eigenvalue weighted by Crippen LogP contribution is -2.20. The van der Waals surface area contributed by atoms with Gasteiger partial charge in [0.15, 0.2) is 0 Å². The van der Waals surface area contributed by atoms with Crippen LogP contribution in [0.25, 0.3) is 0 Å². The summed E-state index contributed by atoms with van der Waals surface area (Å²) in [6.45, 7) is 10.9. The number of carbonyl (C=O) groups excluding carboxylic acids is 1. The van der Waals surface area contributed by atoms with Crippen molar-refractivity contribution in [1.29, 1.82) is 0 Å². The van der Waals surface area contributed by atoms with Crippen LogP contribution in [-0.2, 0) is 12.0 Å². The number of benzene rings is 2. The van der Waals surface area contributed by atoms with E-state index in [4.69, 9.17) is 0 Å². The normalized spacial score (nSPS) is 11.2. The first-order valence-corrected chi connectivity index (χ1v) is 9.78. The monoisotopic (exact) mass is 388 g/mol. The molecule has 0 atom stereocenters. The van der Waals surface area contributed by atoms with Crippen molar-refractivity contribution >= 4 is 17.5 Å². The second-order valence-electron chi connectivity index (χ2n) is 8.31. The van der Waals surface area contributed by atoms with Crippen molar-refractivity contribution in [2.75, 3.05) is 10.6 Å². The van der Waals surface area contributed by atoms with Gasteiger partial charge in [-0.1, -0.05) is 68.8 Å². The van der Waals surface area contributed by atoms with Crippen molar-refractivity contribution < 1.29 is 4.79 Å². The van der Waals surface area contributed by atoms with Gasteiger partial charge in [-0.25, -0.2) is 9.97 Å². The molecule has 0 unspecified atom stereocenters. The fourth-order valence-corrected chi connectivity index (χ4v) is 3.08. The summed E-state index contributed by atoms with van der Waals surface area (Å²) in [6.07, 6.45) is 0. The van der Waals surface area contributed by atoms with Crippen LogP contribution in [0.15, 0.2) is 54.6 Å². The molecule has 5 heteroatoms. The number of anilines is 2. The average molecular weight is 389 g/mol. The summed E-state index contributed by atoms with van der Waals surface area (Å²) in [6, 6.07) is 17.8. The number of aryl methyl sites for hydroxylation is 2. The smallest absolute Gasteiger partial charge is 0.274 e. The average Bonchev–Trinajstić information content (AvgIpc) is 2.67. The van der Waals surface area contributed by atoms with Gasteiger partial charge in [-0.2, -0.15) is 0 Å². The Balaban J connectivity index is 1.77. The van der Waals surface area contributed by atoms with Gasteiger partial charge in [-0.15, -0.1) is 0 Å². The van der Waals surface area contributed by atoms with Crippen molar-refractivity contribution in [2.24, 2.45) is 0 Å². The van der Waals surface area contributed by atoms with E-state index in [1.807, 2.05) is 31.2 Å². The fourth-order valence-electron chi connectivity index (χ4n) is 3.08. The van der Waals surface area contributed by atoms with Gasteiger partial charge in [-0.05, 0) is 42.5 Å². The lowest BCUT2D eigenvalue weighted by Gasteiger charge is -2.23. The summed E-state index contributed by atoms with van der Waals surface area (Å²) in [5.41, 5.74) is 5.23. The first-order chi connectivity index (χ1) is 13.7. The quantitative estimate of drug-likeness (QED) is 0.626. The molecule has 5 nitrogen and oxygen atoms in total. The molecular formula is C24H28N4O. The van der Waals surface area contributed by atoms with Gasteiger partial charge in [0.05, 0.1) is 0 Å². The van der Waals surface area contributed by atoms with Crippen molar-refractivity contribution in [3.63, 3.8) is 0 Å². The van der Waals surface area contributed by atoms with Gasteiger partial charge in [0.2, 0.25) is 5.95 Å². The Morgan fingerprint density at radius 2 is 1.66 bits per heavy atom. The first kappa shape index (κ1) is 20.5. The van der Waals surface area contributed by atoms with Crippen LogP contribution >= 0.6 is 0 Å². The van der Waals surface area contributed by atoms with Crippen LogP contribution in [0, 0.1) is 13.8 Å². The maximum atomic E-state index is 12.9. The summed E-state index contributed by atoms with van der Waals surface area (Å²) in [4.78, 5) is 21.7. The molecule has 1 heterocycles. The van der Waals surface area contributed by atoms with E-state index < -0.39 is 0 Å². The number of nitrogens with one attached hydrogen (secondary N) is 2. The molecule has 1 aromatic heterocycles. The molecule has 0 saturated carbocycles. The zero-order chi connectivity index (χ0) is 21.0. The third-order valence-electron chi connectivity index (χ3n) is 4.64. The predicted octanol–water partition coefficient (Wildman–Crippen LogP) is 5.26. The van der Waals surface area contributed by atoms with Crippen molar-refractivity contribution in [2.45, 2.75) is 46.6 Å². The molecule has 0 aliphatic carbocycles. The molecule has 0 fully saturated rings. The number of nitrogens with zero attached hydrogens (tertiary/aromatic N) is 2. The summed E-state index contributed by atoms with van der Waals surface area (Å²) < 4.78 is 0. The molecule has 0 aliphatic heterocycles. The van der Waals surface area contributed by atoms with E-state index in [1.165, 1.54) is 5.56 Å². The van der Waals surface area contributed by atoms with E-state index >= 15 is 0 Å². The van der Waals surface area contributed by atoms with E-state index in [-0.39, 0.29) is 11.3 Å². The maximum Gasteiger partial charge on any atom is 0.274 e. The molecule has 0 spiro atoms. The Morgan fingerprint density at radius 1 is 0.966 bits per heavy atom. The minimum atomic E-state index is -0.245. The predicted molar refractivity (Wildman–Crippen MR) is 118 cm³/mol. The van der Waals surface area contributed by atoms with E-state index in [9.17, 15) is 4.79 Å². The SMILES string of the molecule is Cc1ccc(CNc2nc(C)cc(C(=O)Nc3ccccc3C(C)(C)C)n2)cc1. The topological polar surface area (TPSA) is 66.9 Å². The van der Waals surface area contributed by atoms with Crippen molar-refractivity contribution in [1.82, 2.24) is 9.97 Å². The molecule has 150 valence electrons. The van der Waals surface area contributed by atoms with Crippen LogP contribution in [0.1, 0.15) is 53.6 Å². The van der Waals surface area contributed by atoms with Crippen LogP contribution in [0.3, 0.4) is 0 Å². The Labute approximate surface area is 172 Å². The van der Waals surface area contributed by atoms with E-state index in [2.05, 4.69) is 72.6 Å². The number of carbonyl (C=O) groups is 1. The molecule has 3 rings (SSSR count). The molecule has 3 aromatic rings. The number of para-hydroxylation sites is 1. The van der Waals surface area contributed by atoms with Gasteiger partial charge in [-0.3, -0.25) is 4.79 Å². The Hall–Kier alpha value is -3.21. The summed E-state index contributed by atoms with van der Waals surface area (Å²) in [7, 11) is 0. The summed E-state index contributed by atoms with van der Waals surface area (Å²) in [5, 5.41) is 6.22. The van der Waals surface area contributed by atoms with E-state index in [0.29, 0.717) is 18.2 Å². The highest BCUT2D eigenvalue weighted by atomic mass is 16.1. The highest BCUT2D eigenvalue weighted by Gasteiger charge is 2.19. The molecule has 0 aliphatic rings. The van der Waals surface area contributed by atoms with Gasteiger partial charge < -0.3 is 10.6 Å². The second-order valence-corrected chi connectivity index (χ2v) is 8.31. The molecule has 2 N–H and O–H groups in total. The third kappa shape index (κ3) is 5.41. The van der Waals surface area contributed by atoms with Crippen molar-refractivity contribution in [3.8, 4) is 0 Å². The Kier molecular flexibility index (Phi) is 5.97. The number of hydrogen-bond donors (Lipinski definition) is 2. The molecule has 0 saturated heterocycles. The van der Waals surface area contributed by atoms with Crippen LogP contribution in [0.4, 0.5) is 11.6 Å². The number of rotatable bonds is 5. The van der Waals surface area contributed by atoms with Crippen LogP contribution in [0.2, 0.25) is 0 Å². The third-order valence-corrected chi connectivity index (χ3v) is 4.64.